The summed E-state index contributed by atoms with van der Waals surface area (Å²) in [4.78, 5) is 14.3. The SMILES string of the molecule is COc1cc(OC)c(C(=O)CCC[NH+]2CCC[C@@H](C)C2)c(OC)c1. The normalized spacial score (nSPS) is 20.5. The van der Waals surface area contributed by atoms with E-state index in [-0.39, 0.29) is 5.78 Å². The van der Waals surface area contributed by atoms with Crippen molar-refractivity contribution >= 4 is 5.78 Å². The van der Waals surface area contributed by atoms with Gasteiger partial charge in [-0.2, -0.15) is 0 Å². The van der Waals surface area contributed by atoms with Crippen LogP contribution < -0.4 is 19.1 Å². The number of likely N-dealkylation sites (tertiary alicyclic amines) is 1. The van der Waals surface area contributed by atoms with Gasteiger partial charge in [-0.05, 0) is 12.8 Å². The third-order valence-electron chi connectivity index (χ3n) is 4.79. The summed E-state index contributed by atoms with van der Waals surface area (Å²) in [6, 6.07) is 3.46. The lowest BCUT2D eigenvalue weighted by molar-refractivity contribution is -0.908. The maximum absolute atomic E-state index is 12.7. The summed E-state index contributed by atoms with van der Waals surface area (Å²) >= 11 is 0. The smallest absolute Gasteiger partial charge is 0.170 e. The molecule has 1 aliphatic rings. The molecule has 0 saturated carbocycles. The molecule has 24 heavy (non-hydrogen) atoms. The third kappa shape index (κ3) is 4.63. The molecule has 0 radical (unpaired) electrons. The zero-order valence-corrected chi connectivity index (χ0v) is 15.3. The van der Waals surface area contributed by atoms with E-state index in [4.69, 9.17) is 14.2 Å². The zero-order chi connectivity index (χ0) is 17.5. The number of carbonyl (C=O) groups excluding carboxylic acids is 1. The highest BCUT2D eigenvalue weighted by Gasteiger charge is 2.22. The molecule has 0 aromatic heterocycles. The van der Waals surface area contributed by atoms with Crippen molar-refractivity contribution < 1.29 is 23.9 Å². The fourth-order valence-electron chi connectivity index (χ4n) is 3.53. The first kappa shape index (κ1) is 18.6. The number of rotatable bonds is 8. The Bertz CT molecular complexity index is 533. The lowest BCUT2D eigenvalue weighted by atomic mass is 9.99. The molecule has 1 unspecified atom stereocenters. The van der Waals surface area contributed by atoms with E-state index in [1.807, 2.05) is 0 Å². The Morgan fingerprint density at radius 1 is 1.17 bits per heavy atom. The number of quaternary nitrogens is 1. The molecule has 5 heteroatoms. The standard InChI is InChI=1S/C19H29NO4/c1-14-7-5-9-20(13-14)10-6-8-16(21)19-17(23-3)11-15(22-2)12-18(19)24-4/h11-12,14H,5-10,13H2,1-4H3/p+1/t14-/m1/s1. The van der Waals surface area contributed by atoms with Gasteiger partial charge < -0.3 is 19.1 Å². The lowest BCUT2D eigenvalue weighted by Gasteiger charge is -2.27. The Hall–Kier alpha value is -1.75. The van der Waals surface area contributed by atoms with Crippen LogP contribution in [0.25, 0.3) is 0 Å². The van der Waals surface area contributed by atoms with Gasteiger partial charge in [0.15, 0.2) is 5.78 Å². The second kappa shape index (κ2) is 8.92. The number of ketones is 1. The summed E-state index contributed by atoms with van der Waals surface area (Å²) in [6.45, 7) is 5.82. The summed E-state index contributed by atoms with van der Waals surface area (Å²) in [6.07, 6.45) is 4.03. The number of methoxy groups -OCH3 is 3. The molecule has 1 heterocycles. The van der Waals surface area contributed by atoms with Crippen molar-refractivity contribution in [1.82, 2.24) is 0 Å². The van der Waals surface area contributed by atoms with Crippen LogP contribution in [0.5, 0.6) is 17.2 Å². The predicted octanol–water partition coefficient (Wildman–Crippen LogP) is 1.99. The molecule has 0 aliphatic carbocycles. The van der Waals surface area contributed by atoms with Gasteiger partial charge in [-0.1, -0.05) is 6.92 Å². The molecule has 1 fully saturated rings. The van der Waals surface area contributed by atoms with Crippen LogP contribution >= 0.6 is 0 Å². The molecule has 1 aliphatic heterocycles. The van der Waals surface area contributed by atoms with E-state index in [2.05, 4.69) is 6.92 Å². The summed E-state index contributed by atoms with van der Waals surface area (Å²) in [5.41, 5.74) is 0.516. The quantitative estimate of drug-likeness (QED) is 0.738. The minimum atomic E-state index is 0.0656. The molecule has 0 bridgehead atoms. The molecule has 2 rings (SSSR count). The number of nitrogens with one attached hydrogen (secondary N) is 1. The Kier molecular flexibility index (Phi) is 6.91. The van der Waals surface area contributed by atoms with Gasteiger partial charge in [-0.25, -0.2) is 0 Å². The highest BCUT2D eigenvalue weighted by Crippen LogP contribution is 2.35. The van der Waals surface area contributed by atoms with Crippen molar-refractivity contribution in [2.45, 2.75) is 32.6 Å². The molecule has 0 spiro atoms. The lowest BCUT2D eigenvalue weighted by Crippen LogP contribution is -3.13. The summed E-state index contributed by atoms with van der Waals surface area (Å²) in [7, 11) is 4.70. The predicted molar refractivity (Wildman–Crippen MR) is 93.6 cm³/mol. The zero-order valence-electron chi connectivity index (χ0n) is 15.3. The van der Waals surface area contributed by atoms with Crippen LogP contribution in [0.3, 0.4) is 0 Å². The molecular formula is C19H30NO4+. The highest BCUT2D eigenvalue weighted by atomic mass is 16.5. The van der Waals surface area contributed by atoms with E-state index < -0.39 is 0 Å². The van der Waals surface area contributed by atoms with Gasteiger partial charge >= 0.3 is 0 Å². The second-order valence-corrected chi connectivity index (χ2v) is 6.64. The van der Waals surface area contributed by atoms with Crippen LogP contribution in [-0.2, 0) is 0 Å². The first-order valence-corrected chi connectivity index (χ1v) is 8.75. The average molecular weight is 336 g/mol. The fourth-order valence-corrected chi connectivity index (χ4v) is 3.53. The number of benzene rings is 1. The van der Waals surface area contributed by atoms with Crippen LogP contribution in [-0.4, -0.2) is 46.7 Å². The monoisotopic (exact) mass is 336 g/mol. The van der Waals surface area contributed by atoms with Crippen LogP contribution in [0, 0.1) is 5.92 Å². The Morgan fingerprint density at radius 2 is 1.83 bits per heavy atom. The summed E-state index contributed by atoms with van der Waals surface area (Å²) in [5, 5.41) is 0. The minimum Gasteiger partial charge on any atom is -0.496 e. The Balaban J connectivity index is 2.00. The number of carbonyl (C=O) groups is 1. The average Bonchev–Trinajstić information content (AvgIpc) is 2.60. The first-order chi connectivity index (χ1) is 11.6. The van der Waals surface area contributed by atoms with Crippen LogP contribution in [0.15, 0.2) is 12.1 Å². The third-order valence-corrected chi connectivity index (χ3v) is 4.79. The Morgan fingerprint density at radius 3 is 2.38 bits per heavy atom. The van der Waals surface area contributed by atoms with Gasteiger partial charge in [0.25, 0.3) is 0 Å². The number of Topliss-reactive ketones (excluding diaryl/α,β-unsaturated/α-hetero) is 1. The minimum absolute atomic E-state index is 0.0656. The maximum atomic E-state index is 12.7. The summed E-state index contributed by atoms with van der Waals surface area (Å²) < 4.78 is 16.0. The molecule has 2 atom stereocenters. The van der Waals surface area contributed by atoms with Crippen LogP contribution in [0.2, 0.25) is 0 Å². The molecule has 5 nitrogen and oxygen atoms in total. The van der Waals surface area contributed by atoms with E-state index in [9.17, 15) is 4.79 Å². The van der Waals surface area contributed by atoms with Crippen molar-refractivity contribution in [2.24, 2.45) is 5.92 Å². The van der Waals surface area contributed by atoms with E-state index in [0.29, 0.717) is 29.2 Å². The van der Waals surface area contributed by atoms with Crippen LogP contribution in [0.4, 0.5) is 0 Å². The van der Waals surface area contributed by atoms with Gasteiger partial charge in [-0.3, -0.25) is 4.79 Å². The van der Waals surface area contributed by atoms with E-state index in [0.717, 1.165) is 18.9 Å². The molecular weight excluding hydrogens is 306 g/mol. The van der Waals surface area contributed by atoms with Crippen molar-refractivity contribution in [1.29, 1.82) is 0 Å². The highest BCUT2D eigenvalue weighted by molar-refractivity contribution is 6.01. The maximum Gasteiger partial charge on any atom is 0.170 e. The number of hydrogen-bond donors (Lipinski definition) is 1. The number of hydrogen-bond acceptors (Lipinski definition) is 4. The van der Waals surface area contributed by atoms with Gasteiger partial charge in [0.1, 0.15) is 22.8 Å². The molecule has 0 amide bonds. The van der Waals surface area contributed by atoms with Crippen LogP contribution in [0.1, 0.15) is 43.0 Å². The second-order valence-electron chi connectivity index (χ2n) is 6.64. The van der Waals surface area contributed by atoms with Crippen molar-refractivity contribution in [3.63, 3.8) is 0 Å². The number of piperidine rings is 1. The molecule has 1 aromatic carbocycles. The topological polar surface area (TPSA) is 49.2 Å². The van der Waals surface area contributed by atoms with Crippen molar-refractivity contribution in [2.75, 3.05) is 41.0 Å². The van der Waals surface area contributed by atoms with Crippen molar-refractivity contribution in [3.8, 4) is 17.2 Å². The van der Waals surface area contributed by atoms with E-state index in [1.165, 1.54) is 25.9 Å². The van der Waals surface area contributed by atoms with Gasteiger partial charge in [-0.15, -0.1) is 0 Å². The van der Waals surface area contributed by atoms with Crippen molar-refractivity contribution in [3.05, 3.63) is 17.7 Å². The van der Waals surface area contributed by atoms with Gasteiger partial charge in [0, 0.05) is 30.9 Å². The van der Waals surface area contributed by atoms with Gasteiger partial charge in [0.05, 0.1) is 41.0 Å². The molecule has 134 valence electrons. The first-order valence-electron chi connectivity index (χ1n) is 8.75. The largest absolute Gasteiger partial charge is 0.496 e. The molecule has 1 aromatic rings. The van der Waals surface area contributed by atoms with E-state index in [1.54, 1.807) is 38.4 Å². The number of ether oxygens (including phenoxy) is 3. The Labute approximate surface area is 144 Å². The van der Waals surface area contributed by atoms with Gasteiger partial charge in [0.2, 0.25) is 0 Å². The fraction of sp³-hybridized carbons (Fsp3) is 0.632. The van der Waals surface area contributed by atoms with E-state index >= 15 is 0 Å². The molecule has 1 N–H and O–H groups in total. The molecule has 1 saturated heterocycles. The summed E-state index contributed by atoms with van der Waals surface area (Å²) in [5.74, 6) is 2.50.